The molecule has 20 heavy (non-hydrogen) atoms. The number of rotatable bonds is 9. The molecule has 108 valence electrons. The molecule has 5 heteroatoms. The van der Waals surface area contributed by atoms with Crippen LogP contribution in [0.3, 0.4) is 0 Å². The van der Waals surface area contributed by atoms with Gasteiger partial charge in [-0.2, -0.15) is 0 Å². The Labute approximate surface area is 146 Å². The van der Waals surface area contributed by atoms with Crippen molar-refractivity contribution >= 4 is 10.7 Å². The van der Waals surface area contributed by atoms with E-state index in [1.165, 1.54) is 25.7 Å². The molecule has 0 unspecified atom stereocenters. The van der Waals surface area contributed by atoms with Crippen molar-refractivity contribution in [2.24, 2.45) is 0 Å². The monoisotopic (exact) mass is 306 g/mol. The molecule has 1 rings (SSSR count). The Hall–Kier alpha value is -0.0300. The van der Waals surface area contributed by atoms with Gasteiger partial charge in [0.1, 0.15) is 5.75 Å². The van der Waals surface area contributed by atoms with Crippen LogP contribution in [0.5, 0.6) is 5.75 Å². The maximum atomic E-state index is 11.1. The average molecular weight is 306 g/mol. The van der Waals surface area contributed by atoms with Gasteiger partial charge in [0.2, 0.25) is 0 Å². The topological polar surface area (TPSA) is 43.4 Å². The molecule has 1 aromatic rings. The number of ether oxygens (including phenoxy) is 1. The minimum atomic E-state index is -2.24. The summed E-state index contributed by atoms with van der Waals surface area (Å²) in [4.78, 5) is 0.256. The van der Waals surface area contributed by atoms with Gasteiger partial charge in [-0.25, -0.2) is 0 Å². The van der Waals surface area contributed by atoms with Crippen molar-refractivity contribution in [3.63, 3.8) is 0 Å². The van der Waals surface area contributed by atoms with Gasteiger partial charge in [0, 0.05) is 0 Å². The second-order valence-corrected chi connectivity index (χ2v) is 5.71. The third-order valence-electron chi connectivity index (χ3n) is 3.03. The number of hydrogen-bond donors (Lipinski definition) is 0. The number of unbranched alkanes of at least 4 members (excludes halogenated alkanes) is 5. The van der Waals surface area contributed by atoms with E-state index in [-0.39, 0.29) is 34.5 Å². The summed E-state index contributed by atoms with van der Waals surface area (Å²) in [5, 5.41) is 0. The van der Waals surface area contributed by atoms with Gasteiger partial charge < -0.3 is 13.2 Å². The van der Waals surface area contributed by atoms with Gasteiger partial charge in [-0.15, -0.1) is 0 Å². The SMILES string of the molecule is CCCCCCCCOc1ccc(C)cc1[S-](=O)=O.[Na+]. The molecule has 0 bridgehead atoms. The summed E-state index contributed by atoms with van der Waals surface area (Å²) < 4.78 is 27.8. The zero-order chi connectivity index (χ0) is 14.1. The second kappa shape index (κ2) is 11.6. The molecular weight excluding hydrogens is 283 g/mol. The van der Waals surface area contributed by atoms with Crippen molar-refractivity contribution in [1.29, 1.82) is 0 Å². The van der Waals surface area contributed by atoms with Gasteiger partial charge in [0.15, 0.2) is 0 Å². The van der Waals surface area contributed by atoms with E-state index in [1.807, 2.05) is 13.0 Å². The van der Waals surface area contributed by atoms with Gasteiger partial charge in [0.25, 0.3) is 0 Å². The van der Waals surface area contributed by atoms with Crippen molar-refractivity contribution in [2.45, 2.75) is 57.3 Å². The molecule has 0 amide bonds. The van der Waals surface area contributed by atoms with Crippen LogP contribution in [0.4, 0.5) is 0 Å². The van der Waals surface area contributed by atoms with Crippen LogP contribution in [-0.2, 0) is 19.1 Å². The first-order chi connectivity index (χ1) is 9.15. The normalized spacial score (nSPS) is 10.3. The van der Waals surface area contributed by atoms with Crippen LogP contribution in [-0.4, -0.2) is 6.61 Å². The van der Waals surface area contributed by atoms with E-state index in [0.717, 1.165) is 18.4 Å². The number of hydrogen-bond acceptors (Lipinski definition) is 4. The fraction of sp³-hybridized carbons (Fsp3) is 0.600. The maximum absolute atomic E-state index is 11.1. The van der Waals surface area contributed by atoms with Gasteiger partial charge >= 0.3 is 29.6 Å². The molecule has 0 radical (unpaired) electrons. The first-order valence-electron chi connectivity index (χ1n) is 6.98. The van der Waals surface area contributed by atoms with Gasteiger partial charge in [-0.05, 0) is 35.0 Å². The number of aryl methyl sites for hydroxylation is 1. The summed E-state index contributed by atoms with van der Waals surface area (Å²) in [6.07, 6.45) is 7.16. The molecule has 0 aliphatic rings. The standard InChI is InChI=1S/C15H23O3S.Na/c1-3-4-5-6-7-8-11-18-14-10-9-13(2)12-15(14)19(16)17;/h9-10,12H,3-8,11H2,1-2H3;/q-1;+1. The fourth-order valence-electron chi connectivity index (χ4n) is 1.93. The first kappa shape index (κ1) is 20.0. The summed E-state index contributed by atoms with van der Waals surface area (Å²) in [7, 11) is -2.24. The molecule has 0 aliphatic carbocycles. The molecule has 0 saturated carbocycles. The third kappa shape index (κ3) is 7.67. The van der Waals surface area contributed by atoms with Crippen LogP contribution in [0.2, 0.25) is 0 Å². The quantitative estimate of drug-likeness (QED) is 0.393. The van der Waals surface area contributed by atoms with Crippen LogP contribution in [0.25, 0.3) is 0 Å². The van der Waals surface area contributed by atoms with Gasteiger partial charge in [-0.3, -0.25) is 0 Å². The molecule has 0 N–H and O–H groups in total. The van der Waals surface area contributed by atoms with E-state index < -0.39 is 10.7 Å². The Bertz CT molecular complexity index is 450. The molecule has 0 atom stereocenters. The zero-order valence-electron chi connectivity index (χ0n) is 12.8. The largest absolute Gasteiger partial charge is 1.00 e. The Morgan fingerprint density at radius 3 is 2.35 bits per heavy atom. The van der Waals surface area contributed by atoms with Crippen molar-refractivity contribution < 1.29 is 42.7 Å². The van der Waals surface area contributed by atoms with E-state index in [1.54, 1.807) is 12.1 Å². The molecule has 3 nitrogen and oxygen atoms in total. The summed E-state index contributed by atoms with van der Waals surface area (Å²) in [6, 6.07) is 5.24. The van der Waals surface area contributed by atoms with Crippen molar-refractivity contribution in [3.05, 3.63) is 23.8 Å². The predicted molar refractivity (Wildman–Crippen MR) is 77.1 cm³/mol. The van der Waals surface area contributed by atoms with Gasteiger partial charge in [-0.1, -0.05) is 56.7 Å². The van der Waals surface area contributed by atoms with Crippen LogP contribution in [0.1, 0.15) is 51.0 Å². The Morgan fingerprint density at radius 1 is 1.05 bits per heavy atom. The minimum absolute atomic E-state index is 0. The van der Waals surface area contributed by atoms with E-state index in [2.05, 4.69) is 6.92 Å². The Balaban J connectivity index is 0.00000361. The van der Waals surface area contributed by atoms with Crippen LogP contribution < -0.4 is 34.3 Å². The molecule has 0 saturated heterocycles. The van der Waals surface area contributed by atoms with E-state index in [0.29, 0.717) is 12.4 Å². The molecule has 0 aromatic heterocycles. The molecule has 0 aliphatic heterocycles. The Kier molecular flexibility index (Phi) is 11.6. The maximum Gasteiger partial charge on any atom is 1.00 e. The summed E-state index contributed by atoms with van der Waals surface area (Å²) in [5.74, 6) is 0.465. The van der Waals surface area contributed by atoms with E-state index >= 15 is 0 Å². The fourth-order valence-corrected chi connectivity index (χ4v) is 2.50. The summed E-state index contributed by atoms with van der Waals surface area (Å²) >= 11 is 0. The molecule has 0 fully saturated rings. The van der Waals surface area contributed by atoms with Gasteiger partial charge in [0.05, 0.1) is 6.61 Å². The first-order valence-corrected chi connectivity index (χ1v) is 8.05. The molecule has 1 aromatic carbocycles. The van der Waals surface area contributed by atoms with Crippen molar-refractivity contribution in [1.82, 2.24) is 0 Å². The van der Waals surface area contributed by atoms with Crippen molar-refractivity contribution in [3.8, 4) is 5.75 Å². The van der Waals surface area contributed by atoms with E-state index in [9.17, 15) is 8.42 Å². The third-order valence-corrected chi connectivity index (χ3v) is 3.71. The van der Waals surface area contributed by atoms with Crippen LogP contribution in [0, 0.1) is 6.92 Å². The van der Waals surface area contributed by atoms with Crippen LogP contribution >= 0.6 is 0 Å². The Morgan fingerprint density at radius 2 is 1.70 bits per heavy atom. The smallest absolute Gasteiger partial charge is 0.495 e. The summed E-state index contributed by atoms with van der Waals surface area (Å²) in [6.45, 7) is 4.65. The molecule has 0 spiro atoms. The number of benzene rings is 1. The minimum Gasteiger partial charge on any atom is -0.495 e. The van der Waals surface area contributed by atoms with E-state index in [4.69, 9.17) is 4.74 Å². The predicted octanol–water partition coefficient (Wildman–Crippen LogP) is 1.41. The molecular formula is C15H23NaO3S. The zero-order valence-corrected chi connectivity index (χ0v) is 15.6. The molecule has 0 heterocycles. The van der Waals surface area contributed by atoms with Crippen molar-refractivity contribution in [2.75, 3.05) is 6.61 Å². The average Bonchev–Trinajstić information content (AvgIpc) is 2.39. The van der Waals surface area contributed by atoms with Crippen LogP contribution in [0.15, 0.2) is 23.1 Å². The second-order valence-electron chi connectivity index (χ2n) is 4.80. The summed E-state index contributed by atoms with van der Waals surface area (Å²) in [5.41, 5.74) is 0.922.